The maximum atomic E-state index is 11.6. The number of carbonyl (C=O) groups is 1. The number of allylic oxidation sites excluding steroid dienone is 1. The molecule has 0 aliphatic carbocycles. The van der Waals surface area contributed by atoms with Crippen molar-refractivity contribution in [3.8, 4) is 11.3 Å². The summed E-state index contributed by atoms with van der Waals surface area (Å²) in [6, 6.07) is 7.70. The van der Waals surface area contributed by atoms with Crippen LogP contribution in [0.25, 0.3) is 11.3 Å². The first-order chi connectivity index (χ1) is 10.3. The van der Waals surface area contributed by atoms with Gasteiger partial charge in [-0.05, 0) is 31.6 Å². The lowest BCUT2D eigenvalue weighted by Crippen LogP contribution is -2.07. The molecular weight excluding hydrogens is 264 g/mol. The molecule has 0 unspecified atom stereocenters. The van der Waals surface area contributed by atoms with E-state index in [9.17, 15) is 4.79 Å². The van der Waals surface area contributed by atoms with E-state index in [-0.39, 0.29) is 5.91 Å². The molecule has 1 aliphatic rings. The van der Waals surface area contributed by atoms with Crippen LogP contribution in [0.15, 0.2) is 42.7 Å². The van der Waals surface area contributed by atoms with Gasteiger partial charge in [-0.1, -0.05) is 18.2 Å². The van der Waals surface area contributed by atoms with Crippen LogP contribution in [0.4, 0.5) is 11.5 Å². The quantitative estimate of drug-likeness (QED) is 0.848. The minimum atomic E-state index is -0.135. The summed E-state index contributed by atoms with van der Waals surface area (Å²) in [4.78, 5) is 20.3. The Balaban J connectivity index is 1.93. The number of benzene rings is 1. The summed E-state index contributed by atoms with van der Waals surface area (Å²) in [5, 5.41) is 6.08. The fourth-order valence-corrected chi connectivity index (χ4v) is 2.44. The normalized spacial score (nSPS) is 13.0. The molecule has 3 rings (SSSR count). The van der Waals surface area contributed by atoms with Crippen molar-refractivity contribution in [3.63, 3.8) is 0 Å². The summed E-state index contributed by atoms with van der Waals surface area (Å²) in [7, 11) is 0. The largest absolute Gasteiger partial charge is 0.369 e. The van der Waals surface area contributed by atoms with Crippen molar-refractivity contribution < 1.29 is 4.79 Å². The first kappa shape index (κ1) is 13.3. The zero-order valence-corrected chi connectivity index (χ0v) is 11.8. The zero-order valence-electron chi connectivity index (χ0n) is 11.8. The standard InChI is InChI=1S/C16H16N4O/c1-2-4-14(21)20-12-6-3-5-11(9-12)15-13-7-8-17-16(13)19-10-18-15/h2-6,9-10H,7-8H2,1H3,(H,20,21)(H,17,18,19)/b4-2+. The molecule has 5 heteroatoms. The number of aromatic nitrogens is 2. The lowest BCUT2D eigenvalue weighted by molar-refractivity contribution is -0.111. The highest BCUT2D eigenvalue weighted by Gasteiger charge is 2.17. The van der Waals surface area contributed by atoms with E-state index < -0.39 is 0 Å². The molecule has 1 aliphatic heterocycles. The molecule has 2 heterocycles. The van der Waals surface area contributed by atoms with Gasteiger partial charge in [-0.25, -0.2) is 9.97 Å². The number of fused-ring (bicyclic) bond motifs is 1. The Hall–Kier alpha value is -2.69. The summed E-state index contributed by atoms with van der Waals surface area (Å²) in [5.74, 6) is 0.771. The Morgan fingerprint density at radius 2 is 2.29 bits per heavy atom. The van der Waals surface area contributed by atoms with Gasteiger partial charge in [0.2, 0.25) is 5.91 Å². The molecule has 0 fully saturated rings. The van der Waals surface area contributed by atoms with Gasteiger partial charge in [-0.2, -0.15) is 0 Å². The molecule has 0 atom stereocenters. The van der Waals surface area contributed by atoms with E-state index in [1.807, 2.05) is 31.2 Å². The van der Waals surface area contributed by atoms with Crippen LogP contribution in [0.3, 0.4) is 0 Å². The number of hydrogen-bond acceptors (Lipinski definition) is 4. The predicted octanol–water partition coefficient (Wildman–Crippen LogP) is 2.63. The van der Waals surface area contributed by atoms with E-state index in [1.165, 1.54) is 6.08 Å². The molecule has 5 nitrogen and oxygen atoms in total. The maximum Gasteiger partial charge on any atom is 0.248 e. The van der Waals surface area contributed by atoms with Gasteiger partial charge in [0.1, 0.15) is 12.1 Å². The molecule has 2 aromatic rings. The highest BCUT2D eigenvalue weighted by Crippen LogP contribution is 2.30. The molecule has 0 saturated heterocycles. The van der Waals surface area contributed by atoms with E-state index in [1.54, 1.807) is 12.4 Å². The van der Waals surface area contributed by atoms with Crippen molar-refractivity contribution in [1.29, 1.82) is 0 Å². The van der Waals surface area contributed by atoms with Crippen LogP contribution in [0, 0.1) is 0 Å². The van der Waals surface area contributed by atoms with Gasteiger partial charge in [0.05, 0.1) is 5.69 Å². The number of nitrogens with zero attached hydrogens (tertiary/aromatic N) is 2. The minimum absolute atomic E-state index is 0.135. The SMILES string of the molecule is C/C=C/C(=O)Nc1cccc(-c2ncnc3c2CCN3)c1. The number of hydrogen-bond donors (Lipinski definition) is 2. The maximum absolute atomic E-state index is 11.6. The van der Waals surface area contributed by atoms with Gasteiger partial charge in [0, 0.05) is 23.4 Å². The van der Waals surface area contributed by atoms with Crippen LogP contribution < -0.4 is 10.6 Å². The average molecular weight is 280 g/mol. The van der Waals surface area contributed by atoms with Crippen molar-refractivity contribution in [3.05, 3.63) is 48.3 Å². The molecular formula is C16H16N4O. The van der Waals surface area contributed by atoms with Crippen molar-refractivity contribution in [2.24, 2.45) is 0 Å². The van der Waals surface area contributed by atoms with Crippen LogP contribution in [0.2, 0.25) is 0 Å². The number of carbonyl (C=O) groups excluding carboxylic acids is 1. The summed E-state index contributed by atoms with van der Waals surface area (Å²) in [6.45, 7) is 2.70. The molecule has 1 aromatic carbocycles. The average Bonchev–Trinajstić information content (AvgIpc) is 2.96. The minimum Gasteiger partial charge on any atom is -0.369 e. The van der Waals surface area contributed by atoms with Gasteiger partial charge in [-0.15, -0.1) is 0 Å². The second-order valence-electron chi connectivity index (χ2n) is 4.80. The van der Waals surface area contributed by atoms with E-state index in [2.05, 4.69) is 20.6 Å². The molecule has 0 spiro atoms. The molecule has 0 bridgehead atoms. The second-order valence-corrected chi connectivity index (χ2v) is 4.80. The third-order valence-electron chi connectivity index (χ3n) is 3.33. The van der Waals surface area contributed by atoms with E-state index in [0.29, 0.717) is 0 Å². The molecule has 21 heavy (non-hydrogen) atoms. The molecule has 0 saturated carbocycles. The van der Waals surface area contributed by atoms with E-state index >= 15 is 0 Å². The Morgan fingerprint density at radius 3 is 3.14 bits per heavy atom. The highest BCUT2D eigenvalue weighted by atomic mass is 16.1. The first-order valence-corrected chi connectivity index (χ1v) is 6.90. The number of rotatable bonds is 3. The molecule has 0 radical (unpaired) electrons. The summed E-state index contributed by atoms with van der Waals surface area (Å²) in [6.07, 6.45) is 5.69. The van der Waals surface area contributed by atoms with E-state index in [0.717, 1.165) is 41.3 Å². The monoisotopic (exact) mass is 280 g/mol. The van der Waals surface area contributed by atoms with E-state index in [4.69, 9.17) is 0 Å². The Bertz CT molecular complexity index is 709. The fourth-order valence-electron chi connectivity index (χ4n) is 2.44. The molecule has 1 aromatic heterocycles. The van der Waals surface area contributed by atoms with Crippen LogP contribution >= 0.6 is 0 Å². The zero-order chi connectivity index (χ0) is 14.7. The molecule has 2 N–H and O–H groups in total. The Labute approximate surface area is 123 Å². The summed E-state index contributed by atoms with van der Waals surface area (Å²) < 4.78 is 0. The van der Waals surface area contributed by atoms with Crippen LogP contribution in [-0.4, -0.2) is 22.4 Å². The lowest BCUT2D eigenvalue weighted by Gasteiger charge is -2.08. The van der Waals surface area contributed by atoms with Crippen molar-refractivity contribution in [2.75, 3.05) is 17.2 Å². The van der Waals surface area contributed by atoms with Gasteiger partial charge >= 0.3 is 0 Å². The number of amides is 1. The summed E-state index contributed by atoms with van der Waals surface area (Å²) >= 11 is 0. The third kappa shape index (κ3) is 2.76. The Kier molecular flexibility index (Phi) is 3.64. The number of anilines is 2. The first-order valence-electron chi connectivity index (χ1n) is 6.90. The van der Waals surface area contributed by atoms with Gasteiger partial charge in [-0.3, -0.25) is 4.79 Å². The van der Waals surface area contributed by atoms with Gasteiger partial charge in [0.15, 0.2) is 0 Å². The third-order valence-corrected chi connectivity index (χ3v) is 3.33. The predicted molar refractivity (Wildman–Crippen MR) is 83.1 cm³/mol. The fraction of sp³-hybridized carbons (Fsp3) is 0.188. The summed E-state index contributed by atoms with van der Waals surface area (Å²) in [5.41, 5.74) is 3.80. The second kappa shape index (κ2) is 5.75. The smallest absolute Gasteiger partial charge is 0.248 e. The number of nitrogens with one attached hydrogen (secondary N) is 2. The van der Waals surface area contributed by atoms with Crippen molar-refractivity contribution in [2.45, 2.75) is 13.3 Å². The molecule has 106 valence electrons. The lowest BCUT2D eigenvalue weighted by atomic mass is 10.0. The van der Waals surface area contributed by atoms with Crippen molar-refractivity contribution in [1.82, 2.24) is 9.97 Å². The van der Waals surface area contributed by atoms with Crippen molar-refractivity contribution >= 4 is 17.4 Å². The van der Waals surface area contributed by atoms with Gasteiger partial charge in [0.25, 0.3) is 0 Å². The van der Waals surface area contributed by atoms with Crippen LogP contribution in [0.5, 0.6) is 0 Å². The topological polar surface area (TPSA) is 66.9 Å². The Morgan fingerprint density at radius 1 is 1.38 bits per heavy atom. The highest BCUT2D eigenvalue weighted by molar-refractivity contribution is 5.99. The van der Waals surface area contributed by atoms with Crippen LogP contribution in [-0.2, 0) is 11.2 Å². The molecule has 1 amide bonds. The van der Waals surface area contributed by atoms with Gasteiger partial charge < -0.3 is 10.6 Å². The van der Waals surface area contributed by atoms with Crippen LogP contribution in [0.1, 0.15) is 12.5 Å².